The Balaban J connectivity index is 1.73. The third kappa shape index (κ3) is 3.98. The molecule has 0 radical (unpaired) electrons. The van der Waals surface area contributed by atoms with E-state index in [0.29, 0.717) is 5.69 Å². The Hall–Kier alpha value is -3.59. The van der Waals surface area contributed by atoms with E-state index in [0.717, 1.165) is 6.21 Å². The van der Waals surface area contributed by atoms with E-state index in [4.69, 9.17) is 12.2 Å². The molecule has 1 heterocycles. The van der Waals surface area contributed by atoms with Crippen molar-refractivity contribution in [3.63, 3.8) is 0 Å². The maximum absolute atomic E-state index is 12.7. The number of hydrogen-bond donors (Lipinski definition) is 3. The van der Waals surface area contributed by atoms with Crippen LogP contribution in [0.2, 0.25) is 0 Å². The Morgan fingerprint density at radius 3 is 2.48 bits per heavy atom. The summed E-state index contributed by atoms with van der Waals surface area (Å²) in [6, 6.07) is 14.2. The van der Waals surface area contributed by atoms with Crippen LogP contribution in [0.15, 0.2) is 59.7 Å². The van der Waals surface area contributed by atoms with E-state index >= 15 is 0 Å². The molecule has 0 aromatic heterocycles. The van der Waals surface area contributed by atoms with Crippen molar-refractivity contribution in [1.82, 2.24) is 10.7 Å². The third-order valence-corrected chi connectivity index (χ3v) is 4.02. The number of amides is 3. The van der Waals surface area contributed by atoms with Crippen LogP contribution < -0.4 is 15.6 Å². The lowest BCUT2D eigenvalue weighted by atomic mass is 10.1. The minimum atomic E-state index is -1.24. The molecule has 0 aliphatic carbocycles. The molecule has 3 amide bonds. The van der Waals surface area contributed by atoms with E-state index in [1.165, 1.54) is 29.2 Å². The van der Waals surface area contributed by atoms with Gasteiger partial charge in [-0.1, -0.05) is 18.2 Å². The summed E-state index contributed by atoms with van der Waals surface area (Å²) < 4.78 is 0. The van der Waals surface area contributed by atoms with E-state index < -0.39 is 23.6 Å². The van der Waals surface area contributed by atoms with Crippen LogP contribution in [-0.2, 0) is 9.59 Å². The molecule has 136 valence electrons. The number of carbonyl (C=O) groups is 3. The Morgan fingerprint density at radius 1 is 1.15 bits per heavy atom. The smallest absolute Gasteiger partial charge is 0.271 e. The monoisotopic (exact) mass is 382 g/mol. The van der Waals surface area contributed by atoms with Gasteiger partial charge in [-0.3, -0.25) is 19.3 Å². The van der Waals surface area contributed by atoms with Crippen molar-refractivity contribution in [3.8, 4) is 5.75 Å². The van der Waals surface area contributed by atoms with Gasteiger partial charge in [0.25, 0.3) is 11.8 Å². The van der Waals surface area contributed by atoms with Crippen molar-refractivity contribution in [1.29, 1.82) is 0 Å². The summed E-state index contributed by atoms with van der Waals surface area (Å²) in [5.74, 6) is -2.96. The zero-order valence-electron chi connectivity index (χ0n) is 13.8. The van der Waals surface area contributed by atoms with Crippen LogP contribution in [0.1, 0.15) is 10.4 Å². The minimum Gasteiger partial charge on any atom is -0.508 e. The number of hydrogen-bond acceptors (Lipinski definition) is 6. The highest BCUT2D eigenvalue weighted by molar-refractivity contribution is 7.80. The van der Waals surface area contributed by atoms with Crippen molar-refractivity contribution in [2.75, 3.05) is 4.90 Å². The van der Waals surface area contributed by atoms with Gasteiger partial charge < -0.3 is 10.4 Å². The van der Waals surface area contributed by atoms with Crippen molar-refractivity contribution in [3.05, 3.63) is 60.2 Å². The summed E-state index contributed by atoms with van der Waals surface area (Å²) in [6.45, 7) is 0. The Labute approximate surface area is 159 Å². The zero-order chi connectivity index (χ0) is 19.4. The van der Waals surface area contributed by atoms with Crippen LogP contribution in [0.5, 0.6) is 5.75 Å². The number of nitrogens with one attached hydrogen (secondary N) is 2. The Kier molecular flexibility index (Phi) is 5.23. The number of phenols is 1. The molecular formula is C18H14N4O4S. The average molecular weight is 382 g/mol. The van der Waals surface area contributed by atoms with Crippen LogP contribution >= 0.6 is 12.2 Å². The van der Waals surface area contributed by atoms with Gasteiger partial charge >= 0.3 is 0 Å². The van der Waals surface area contributed by atoms with E-state index in [1.807, 2.05) is 0 Å². The largest absolute Gasteiger partial charge is 0.508 e. The van der Waals surface area contributed by atoms with Crippen molar-refractivity contribution in [2.45, 2.75) is 0 Å². The second kappa shape index (κ2) is 7.75. The summed E-state index contributed by atoms with van der Waals surface area (Å²) in [7, 11) is 0. The molecule has 2 aromatic carbocycles. The number of rotatable bonds is 4. The fraction of sp³-hybridized carbons (Fsp3) is 0.0556. The summed E-state index contributed by atoms with van der Waals surface area (Å²) in [6.07, 6.45) is 1.05. The van der Waals surface area contributed by atoms with Crippen LogP contribution in [0.3, 0.4) is 0 Å². The first-order chi connectivity index (χ1) is 13.0. The molecule has 8 nitrogen and oxygen atoms in total. The van der Waals surface area contributed by atoms with Gasteiger partial charge in [0.05, 0.1) is 5.69 Å². The maximum atomic E-state index is 12.7. The van der Waals surface area contributed by atoms with Gasteiger partial charge in [-0.25, -0.2) is 5.43 Å². The highest BCUT2D eigenvalue weighted by Gasteiger charge is 2.38. The van der Waals surface area contributed by atoms with Gasteiger partial charge in [-0.05, 0) is 48.6 Å². The fourth-order valence-electron chi connectivity index (χ4n) is 2.39. The van der Waals surface area contributed by atoms with E-state index in [1.54, 1.807) is 30.3 Å². The topological polar surface area (TPSA) is 111 Å². The molecule has 3 N–H and O–H groups in total. The first kappa shape index (κ1) is 18.2. The molecule has 0 bridgehead atoms. The maximum Gasteiger partial charge on any atom is 0.271 e. The molecule has 2 aromatic rings. The van der Waals surface area contributed by atoms with Crippen molar-refractivity contribution < 1.29 is 19.5 Å². The quantitative estimate of drug-likeness (QED) is 0.318. The molecular weight excluding hydrogens is 368 g/mol. The fourth-order valence-corrected chi connectivity index (χ4v) is 2.69. The van der Waals surface area contributed by atoms with Gasteiger partial charge in [-0.15, -0.1) is 0 Å². The number of phenolic OH excluding ortho intramolecular Hbond substituents is 1. The third-order valence-electron chi connectivity index (χ3n) is 3.74. The number of benzene rings is 2. The molecule has 1 aliphatic rings. The van der Waals surface area contributed by atoms with Crippen LogP contribution in [0.25, 0.3) is 0 Å². The Morgan fingerprint density at radius 2 is 1.81 bits per heavy atom. The molecule has 3 rings (SSSR count). The SMILES string of the molecule is O=C(N/N=C/[C@H]1C(=O)NC(=S)N(c2ccccc2)C1=O)c1ccc(O)cc1. The molecule has 1 saturated heterocycles. The van der Waals surface area contributed by atoms with Crippen LogP contribution in [-0.4, -0.2) is 34.2 Å². The number of carbonyl (C=O) groups excluding carboxylic acids is 3. The van der Waals surface area contributed by atoms with E-state index in [9.17, 15) is 19.5 Å². The first-order valence-electron chi connectivity index (χ1n) is 7.84. The number of thiocarbonyl (C=S) groups is 1. The van der Waals surface area contributed by atoms with Crippen molar-refractivity contribution in [2.24, 2.45) is 11.0 Å². The Bertz CT molecular complexity index is 928. The molecule has 1 aliphatic heterocycles. The summed E-state index contributed by atoms with van der Waals surface area (Å²) in [4.78, 5) is 38.0. The average Bonchev–Trinajstić information content (AvgIpc) is 2.65. The predicted molar refractivity (Wildman–Crippen MR) is 102 cm³/mol. The highest BCUT2D eigenvalue weighted by atomic mass is 32.1. The molecule has 1 atom stereocenters. The second-order valence-electron chi connectivity index (χ2n) is 5.55. The lowest BCUT2D eigenvalue weighted by Crippen LogP contribution is -2.58. The van der Waals surface area contributed by atoms with Gasteiger partial charge in [0.1, 0.15) is 5.75 Å². The van der Waals surface area contributed by atoms with Gasteiger partial charge in [0.2, 0.25) is 5.91 Å². The lowest BCUT2D eigenvalue weighted by Gasteiger charge is -2.30. The molecule has 0 spiro atoms. The summed E-state index contributed by atoms with van der Waals surface area (Å²) >= 11 is 5.08. The number of aromatic hydroxyl groups is 1. The van der Waals surface area contributed by atoms with Gasteiger partial charge in [0.15, 0.2) is 11.0 Å². The zero-order valence-corrected chi connectivity index (χ0v) is 14.6. The minimum absolute atomic E-state index is 0.0195. The molecule has 0 saturated carbocycles. The second-order valence-corrected chi connectivity index (χ2v) is 5.93. The van der Waals surface area contributed by atoms with E-state index in [-0.39, 0.29) is 16.4 Å². The number of para-hydroxylation sites is 1. The van der Waals surface area contributed by atoms with Crippen LogP contribution in [0.4, 0.5) is 5.69 Å². The van der Waals surface area contributed by atoms with Gasteiger partial charge in [0, 0.05) is 11.8 Å². The number of nitrogens with zero attached hydrogens (tertiary/aromatic N) is 2. The van der Waals surface area contributed by atoms with E-state index in [2.05, 4.69) is 15.8 Å². The standard InChI is InChI=1S/C18H14N4O4S/c23-13-8-6-11(7-9-13)15(24)21-19-10-14-16(25)20-18(27)22(17(14)26)12-4-2-1-3-5-12/h1-10,14,23H,(H,21,24)(H,20,25,27)/b19-10+/t14-/m0/s1. The van der Waals surface area contributed by atoms with Crippen LogP contribution in [0, 0.1) is 5.92 Å². The first-order valence-corrected chi connectivity index (χ1v) is 8.24. The van der Waals surface area contributed by atoms with Crippen molar-refractivity contribution >= 4 is 47.0 Å². The molecule has 0 unspecified atom stereocenters. The predicted octanol–water partition coefficient (Wildman–Crippen LogP) is 1.17. The summed E-state index contributed by atoms with van der Waals surface area (Å²) in [5, 5.41) is 15.4. The lowest BCUT2D eigenvalue weighted by molar-refractivity contribution is -0.130. The number of anilines is 1. The summed E-state index contributed by atoms with van der Waals surface area (Å²) in [5.41, 5.74) is 3.01. The number of hydrazone groups is 1. The highest BCUT2D eigenvalue weighted by Crippen LogP contribution is 2.19. The molecule has 1 fully saturated rings. The normalized spacial score (nSPS) is 17.1. The van der Waals surface area contributed by atoms with Gasteiger partial charge in [-0.2, -0.15) is 5.10 Å². The molecule has 9 heteroatoms. The molecule has 27 heavy (non-hydrogen) atoms.